The average Bonchev–Trinajstić information content (AvgIpc) is 2.92. The molecule has 1 heterocycles. The van der Waals surface area contributed by atoms with Gasteiger partial charge in [-0.3, -0.25) is 0 Å². The monoisotopic (exact) mass is 316 g/mol. The highest BCUT2D eigenvalue weighted by atomic mass is 32.2. The molecule has 0 aliphatic heterocycles. The summed E-state index contributed by atoms with van der Waals surface area (Å²) in [6.45, 7) is -0.391. The molecule has 0 spiro atoms. The van der Waals surface area contributed by atoms with Crippen LogP contribution in [0.3, 0.4) is 0 Å². The Morgan fingerprint density at radius 3 is 2.62 bits per heavy atom. The van der Waals surface area contributed by atoms with E-state index in [1.165, 1.54) is 6.26 Å². The van der Waals surface area contributed by atoms with Crippen LogP contribution in [0.4, 0.5) is 8.78 Å². The van der Waals surface area contributed by atoms with Gasteiger partial charge < -0.3 is 10.2 Å². The molecule has 0 saturated heterocycles. The lowest BCUT2D eigenvalue weighted by molar-refractivity contribution is 0.504. The highest BCUT2D eigenvalue weighted by Gasteiger charge is 2.22. The molecule has 0 aliphatic rings. The molecular formula is C13H14F2N2O3S. The Hall–Kier alpha value is -1.77. The molecular weight excluding hydrogens is 302 g/mol. The van der Waals surface area contributed by atoms with Gasteiger partial charge in [0.25, 0.3) is 0 Å². The van der Waals surface area contributed by atoms with Gasteiger partial charge in [0.15, 0.2) is 5.82 Å². The highest BCUT2D eigenvalue weighted by Crippen LogP contribution is 2.20. The maximum Gasteiger partial charge on any atom is 0.243 e. The zero-order chi connectivity index (χ0) is 15.5. The summed E-state index contributed by atoms with van der Waals surface area (Å²) in [6, 6.07) is 5.13. The molecule has 2 aromatic rings. The number of benzene rings is 1. The molecule has 2 rings (SSSR count). The van der Waals surface area contributed by atoms with Crippen molar-refractivity contribution in [3.8, 4) is 0 Å². The van der Waals surface area contributed by atoms with Crippen LogP contribution in [-0.2, 0) is 23.0 Å². The third kappa shape index (κ3) is 3.46. The van der Waals surface area contributed by atoms with Crippen molar-refractivity contribution in [1.82, 2.24) is 4.72 Å². The first-order valence-electron chi connectivity index (χ1n) is 6.14. The van der Waals surface area contributed by atoms with Gasteiger partial charge in [-0.25, -0.2) is 21.9 Å². The first kappa shape index (κ1) is 15.6. The van der Waals surface area contributed by atoms with Gasteiger partial charge in [0.1, 0.15) is 16.5 Å². The van der Waals surface area contributed by atoms with E-state index in [2.05, 4.69) is 4.72 Å². The fourth-order valence-corrected chi connectivity index (χ4v) is 2.94. The molecule has 0 amide bonds. The zero-order valence-electron chi connectivity index (χ0n) is 11.0. The third-order valence-electron chi connectivity index (χ3n) is 2.89. The van der Waals surface area contributed by atoms with Crippen LogP contribution in [0.1, 0.15) is 11.3 Å². The van der Waals surface area contributed by atoms with E-state index in [9.17, 15) is 17.2 Å². The summed E-state index contributed by atoms with van der Waals surface area (Å²) < 4.78 is 58.6. The van der Waals surface area contributed by atoms with Gasteiger partial charge in [-0.2, -0.15) is 0 Å². The molecule has 114 valence electrons. The molecule has 0 fully saturated rings. The van der Waals surface area contributed by atoms with Gasteiger partial charge in [-0.05, 0) is 24.3 Å². The molecule has 0 bridgehead atoms. The van der Waals surface area contributed by atoms with Crippen LogP contribution in [0, 0.1) is 11.6 Å². The second kappa shape index (κ2) is 6.33. The van der Waals surface area contributed by atoms with Crippen molar-refractivity contribution in [3.05, 3.63) is 53.5 Å². The summed E-state index contributed by atoms with van der Waals surface area (Å²) in [6.07, 6.45) is 1.79. The van der Waals surface area contributed by atoms with Gasteiger partial charge in [0.2, 0.25) is 10.0 Å². The Labute approximate surface area is 120 Å². The van der Waals surface area contributed by atoms with Crippen LogP contribution in [0.15, 0.2) is 39.8 Å². The Bertz CT molecular complexity index is 715. The van der Waals surface area contributed by atoms with E-state index in [0.29, 0.717) is 12.2 Å². The topological polar surface area (TPSA) is 85.3 Å². The number of furan rings is 1. The Morgan fingerprint density at radius 1 is 1.24 bits per heavy atom. The van der Waals surface area contributed by atoms with Crippen LogP contribution in [0.2, 0.25) is 0 Å². The van der Waals surface area contributed by atoms with Crippen LogP contribution in [-0.4, -0.2) is 15.0 Å². The SMILES string of the molecule is NCc1c(F)ccc(S(=O)(=O)NCCc2ccco2)c1F. The Kier molecular flexibility index (Phi) is 4.71. The minimum atomic E-state index is -4.08. The van der Waals surface area contributed by atoms with Gasteiger partial charge in [-0.1, -0.05) is 0 Å². The van der Waals surface area contributed by atoms with Crippen molar-refractivity contribution in [2.75, 3.05) is 6.54 Å². The number of nitrogens with one attached hydrogen (secondary N) is 1. The van der Waals surface area contributed by atoms with Crippen molar-refractivity contribution in [3.63, 3.8) is 0 Å². The lowest BCUT2D eigenvalue weighted by atomic mass is 10.2. The predicted octanol–water partition coefficient (Wildman–Crippen LogP) is 1.54. The van der Waals surface area contributed by atoms with Crippen LogP contribution in [0.5, 0.6) is 0 Å². The van der Waals surface area contributed by atoms with Crippen molar-refractivity contribution in [1.29, 1.82) is 0 Å². The van der Waals surface area contributed by atoms with Crippen LogP contribution < -0.4 is 10.5 Å². The summed E-state index contributed by atoms with van der Waals surface area (Å²) in [7, 11) is -4.08. The van der Waals surface area contributed by atoms with E-state index in [0.717, 1.165) is 12.1 Å². The van der Waals surface area contributed by atoms with Crippen molar-refractivity contribution in [2.24, 2.45) is 5.73 Å². The maximum atomic E-state index is 14.0. The largest absolute Gasteiger partial charge is 0.469 e. The van der Waals surface area contributed by atoms with E-state index in [1.54, 1.807) is 12.1 Å². The normalized spacial score (nSPS) is 11.8. The summed E-state index contributed by atoms with van der Waals surface area (Å²) in [5.74, 6) is -1.44. The first-order valence-corrected chi connectivity index (χ1v) is 7.63. The molecule has 8 heteroatoms. The molecule has 0 saturated carbocycles. The molecule has 5 nitrogen and oxygen atoms in total. The van der Waals surface area contributed by atoms with Crippen molar-refractivity contribution in [2.45, 2.75) is 17.9 Å². The molecule has 3 N–H and O–H groups in total. The van der Waals surface area contributed by atoms with Crippen molar-refractivity contribution < 1.29 is 21.6 Å². The summed E-state index contributed by atoms with van der Waals surface area (Å²) in [5.41, 5.74) is 4.77. The zero-order valence-corrected chi connectivity index (χ0v) is 11.8. The van der Waals surface area contributed by atoms with E-state index in [-0.39, 0.29) is 6.54 Å². The van der Waals surface area contributed by atoms with E-state index in [1.807, 2.05) is 0 Å². The summed E-state index contributed by atoms with van der Waals surface area (Å²) >= 11 is 0. The fraction of sp³-hybridized carbons (Fsp3) is 0.231. The van der Waals surface area contributed by atoms with E-state index in [4.69, 9.17) is 10.2 Å². The van der Waals surface area contributed by atoms with Gasteiger partial charge in [-0.15, -0.1) is 0 Å². The second-order valence-corrected chi connectivity index (χ2v) is 6.00. The minimum Gasteiger partial charge on any atom is -0.469 e. The molecule has 0 aliphatic carbocycles. The van der Waals surface area contributed by atoms with Gasteiger partial charge in [0, 0.05) is 25.1 Å². The fourth-order valence-electron chi connectivity index (χ4n) is 1.81. The number of hydrogen-bond acceptors (Lipinski definition) is 4. The van der Waals surface area contributed by atoms with Gasteiger partial charge in [0.05, 0.1) is 6.26 Å². The number of hydrogen-bond donors (Lipinski definition) is 2. The Balaban J connectivity index is 2.16. The van der Waals surface area contributed by atoms with Crippen LogP contribution >= 0.6 is 0 Å². The first-order chi connectivity index (χ1) is 9.95. The maximum absolute atomic E-state index is 14.0. The second-order valence-electron chi connectivity index (χ2n) is 4.27. The molecule has 0 atom stereocenters. The quantitative estimate of drug-likeness (QED) is 0.846. The number of sulfonamides is 1. The standard InChI is InChI=1S/C13H14F2N2O3S/c14-11-3-4-12(13(15)10(11)8-16)21(18,19)17-6-5-9-2-1-7-20-9/h1-4,7,17H,5-6,8,16H2. The molecule has 0 unspecified atom stereocenters. The lowest BCUT2D eigenvalue weighted by Gasteiger charge is -2.10. The molecule has 1 aromatic carbocycles. The predicted molar refractivity (Wildman–Crippen MR) is 71.8 cm³/mol. The van der Waals surface area contributed by atoms with Crippen molar-refractivity contribution >= 4 is 10.0 Å². The molecule has 0 radical (unpaired) electrons. The summed E-state index contributed by atoms with van der Waals surface area (Å²) in [5, 5.41) is 0. The average molecular weight is 316 g/mol. The van der Waals surface area contributed by atoms with E-state index >= 15 is 0 Å². The molecule has 1 aromatic heterocycles. The molecule has 21 heavy (non-hydrogen) atoms. The number of halogens is 2. The number of rotatable bonds is 6. The highest BCUT2D eigenvalue weighted by molar-refractivity contribution is 7.89. The van der Waals surface area contributed by atoms with Gasteiger partial charge >= 0.3 is 0 Å². The van der Waals surface area contributed by atoms with Crippen LogP contribution in [0.25, 0.3) is 0 Å². The smallest absolute Gasteiger partial charge is 0.243 e. The van der Waals surface area contributed by atoms with E-state index < -0.39 is 38.7 Å². The Morgan fingerprint density at radius 2 is 2.00 bits per heavy atom. The lowest BCUT2D eigenvalue weighted by Crippen LogP contribution is -2.27. The third-order valence-corrected chi connectivity index (χ3v) is 4.37. The summed E-state index contributed by atoms with van der Waals surface area (Å²) in [4.78, 5) is -0.621. The minimum absolute atomic E-state index is 0.0324. The number of nitrogens with two attached hydrogens (primary N) is 1.